The van der Waals surface area contributed by atoms with Crippen molar-refractivity contribution < 1.29 is 8.42 Å². The van der Waals surface area contributed by atoms with Crippen LogP contribution in [0, 0.1) is 0 Å². The molecule has 0 aliphatic carbocycles. The number of nitrogen functional groups attached to an aromatic ring is 1. The van der Waals surface area contributed by atoms with Gasteiger partial charge < -0.3 is 5.73 Å². The summed E-state index contributed by atoms with van der Waals surface area (Å²) >= 11 is 0. The van der Waals surface area contributed by atoms with Crippen molar-refractivity contribution in [3.05, 3.63) is 11.8 Å². The quantitative estimate of drug-likeness (QED) is 0.588. The Morgan fingerprint density at radius 3 is 3.08 bits per heavy atom. The van der Waals surface area contributed by atoms with Crippen LogP contribution < -0.4 is 5.73 Å². The topological polar surface area (TPSA) is 78.0 Å². The maximum atomic E-state index is 11.1. The average molecular weight is 187 g/mol. The van der Waals surface area contributed by atoms with Crippen LogP contribution in [-0.2, 0) is 22.1 Å². The van der Waals surface area contributed by atoms with Gasteiger partial charge in [-0.2, -0.15) is 5.10 Å². The summed E-state index contributed by atoms with van der Waals surface area (Å²) in [7, 11) is -2.90. The Labute approximate surface area is 70.1 Å². The smallest absolute Gasteiger partial charge is 0.157 e. The zero-order chi connectivity index (χ0) is 8.77. The molecule has 0 saturated heterocycles. The van der Waals surface area contributed by atoms with Crippen LogP contribution in [0.5, 0.6) is 0 Å². The summed E-state index contributed by atoms with van der Waals surface area (Å²) in [5.41, 5.74) is 6.11. The predicted molar refractivity (Wildman–Crippen MR) is 44.1 cm³/mol. The first kappa shape index (κ1) is 7.60. The molecule has 0 saturated carbocycles. The molecule has 6 heteroatoms. The first-order valence-corrected chi connectivity index (χ1v) is 5.42. The van der Waals surface area contributed by atoms with Crippen molar-refractivity contribution in [2.24, 2.45) is 0 Å². The maximum absolute atomic E-state index is 11.1. The highest BCUT2D eigenvalue weighted by Crippen LogP contribution is 2.15. The number of nitrogens with zero attached hydrogens (tertiary/aromatic N) is 2. The number of anilines is 1. The Balaban J connectivity index is 2.47. The lowest BCUT2D eigenvalue weighted by Crippen LogP contribution is -2.24. The van der Waals surface area contributed by atoms with E-state index in [1.807, 2.05) is 0 Å². The molecular weight excluding hydrogens is 178 g/mol. The molecule has 2 rings (SSSR count). The molecule has 0 bridgehead atoms. The fourth-order valence-electron chi connectivity index (χ4n) is 1.31. The van der Waals surface area contributed by atoms with Crippen molar-refractivity contribution in [1.29, 1.82) is 0 Å². The Morgan fingerprint density at radius 1 is 1.58 bits per heavy atom. The van der Waals surface area contributed by atoms with E-state index in [4.69, 9.17) is 5.73 Å². The molecule has 0 fully saturated rings. The fourth-order valence-corrected chi connectivity index (χ4v) is 2.59. The van der Waals surface area contributed by atoms with Crippen molar-refractivity contribution >= 4 is 15.7 Å². The second-order valence-corrected chi connectivity index (χ2v) is 5.06. The number of aromatic nitrogens is 2. The molecule has 0 spiro atoms. The Bertz CT molecular complexity index is 406. The highest BCUT2D eigenvalue weighted by atomic mass is 32.2. The minimum absolute atomic E-state index is 0.0667. The summed E-state index contributed by atoms with van der Waals surface area (Å²) in [4.78, 5) is 0. The summed E-state index contributed by atoms with van der Waals surface area (Å²) in [5, 5.41) is 3.95. The van der Waals surface area contributed by atoms with E-state index in [2.05, 4.69) is 5.10 Å². The molecule has 5 nitrogen and oxygen atoms in total. The van der Waals surface area contributed by atoms with Gasteiger partial charge in [-0.3, -0.25) is 4.68 Å². The van der Waals surface area contributed by atoms with E-state index >= 15 is 0 Å². The molecular formula is C6H9N3O2S. The van der Waals surface area contributed by atoms with Gasteiger partial charge in [-0.15, -0.1) is 0 Å². The summed E-state index contributed by atoms with van der Waals surface area (Å²) in [6.45, 7) is 0.425. The Kier molecular flexibility index (Phi) is 1.41. The van der Waals surface area contributed by atoms with Gasteiger partial charge in [-0.1, -0.05) is 0 Å². The van der Waals surface area contributed by atoms with Gasteiger partial charge >= 0.3 is 0 Å². The normalized spacial score (nSPS) is 20.3. The third-order valence-electron chi connectivity index (χ3n) is 1.86. The largest absolute Gasteiger partial charge is 0.382 e. The molecule has 1 aliphatic rings. The minimum Gasteiger partial charge on any atom is -0.382 e. The third-order valence-corrected chi connectivity index (χ3v) is 3.40. The van der Waals surface area contributed by atoms with Crippen molar-refractivity contribution in [2.45, 2.75) is 12.3 Å². The van der Waals surface area contributed by atoms with Gasteiger partial charge in [0.2, 0.25) is 0 Å². The van der Waals surface area contributed by atoms with Gasteiger partial charge in [0.25, 0.3) is 0 Å². The number of aryl methyl sites for hydroxylation is 1. The van der Waals surface area contributed by atoms with Gasteiger partial charge in [-0.25, -0.2) is 8.42 Å². The monoisotopic (exact) mass is 187 g/mol. The fraction of sp³-hybridized carbons (Fsp3) is 0.500. The molecule has 0 amide bonds. The van der Waals surface area contributed by atoms with Crippen molar-refractivity contribution in [2.75, 3.05) is 11.5 Å². The van der Waals surface area contributed by atoms with Gasteiger partial charge in [0.1, 0.15) is 5.82 Å². The summed E-state index contributed by atoms with van der Waals surface area (Å²) in [5.74, 6) is 0.625. The lowest BCUT2D eigenvalue weighted by atomic mass is 10.4. The van der Waals surface area contributed by atoms with Crippen LogP contribution in [0.3, 0.4) is 0 Å². The highest BCUT2D eigenvalue weighted by molar-refractivity contribution is 7.90. The Morgan fingerprint density at radius 2 is 2.33 bits per heavy atom. The average Bonchev–Trinajstić information content (AvgIpc) is 2.26. The predicted octanol–water partition coefficient (Wildman–Crippen LogP) is -0.606. The lowest BCUT2D eigenvalue weighted by molar-refractivity contribution is 0.556. The van der Waals surface area contributed by atoms with Crippen molar-refractivity contribution in [3.8, 4) is 0 Å². The van der Waals surface area contributed by atoms with E-state index < -0.39 is 9.84 Å². The van der Waals surface area contributed by atoms with E-state index in [1.165, 1.54) is 0 Å². The molecule has 0 radical (unpaired) electrons. The molecule has 2 N–H and O–H groups in total. The lowest BCUT2D eigenvalue weighted by Gasteiger charge is -2.12. The Hall–Kier alpha value is -1.04. The van der Waals surface area contributed by atoms with E-state index in [0.29, 0.717) is 18.1 Å². The molecule has 0 atom stereocenters. The molecule has 2 heterocycles. The molecule has 1 aliphatic heterocycles. The molecule has 12 heavy (non-hydrogen) atoms. The van der Waals surface area contributed by atoms with Crippen LogP contribution in [0.1, 0.15) is 5.69 Å². The van der Waals surface area contributed by atoms with Gasteiger partial charge in [0.15, 0.2) is 9.84 Å². The zero-order valence-electron chi connectivity index (χ0n) is 6.40. The standard InChI is InChI=1S/C6H9N3O2S/c7-6-3-5-4-12(10,11)2-1-9(5)8-6/h3H,1-2,4H2,(H2,7,8). The van der Waals surface area contributed by atoms with Gasteiger partial charge in [0.05, 0.1) is 23.7 Å². The second kappa shape index (κ2) is 2.22. The van der Waals surface area contributed by atoms with Crippen LogP contribution in [0.25, 0.3) is 0 Å². The number of rotatable bonds is 0. The summed E-state index contributed by atoms with van der Waals surface area (Å²) in [6, 6.07) is 1.61. The minimum atomic E-state index is -2.90. The van der Waals surface area contributed by atoms with Crippen molar-refractivity contribution in [3.63, 3.8) is 0 Å². The molecule has 0 aromatic carbocycles. The van der Waals surface area contributed by atoms with Crippen molar-refractivity contribution in [1.82, 2.24) is 9.78 Å². The van der Waals surface area contributed by atoms with Gasteiger partial charge in [0, 0.05) is 6.07 Å². The van der Waals surface area contributed by atoms with Crippen LogP contribution in [-0.4, -0.2) is 24.0 Å². The van der Waals surface area contributed by atoms with Crippen LogP contribution >= 0.6 is 0 Å². The number of hydrogen-bond acceptors (Lipinski definition) is 4. The first-order chi connectivity index (χ1) is 5.57. The maximum Gasteiger partial charge on any atom is 0.157 e. The summed E-state index contributed by atoms with van der Waals surface area (Å²) in [6.07, 6.45) is 0. The zero-order valence-corrected chi connectivity index (χ0v) is 7.21. The van der Waals surface area contributed by atoms with E-state index in [9.17, 15) is 8.42 Å². The van der Waals surface area contributed by atoms with Crippen LogP contribution in [0.2, 0.25) is 0 Å². The number of fused-ring (bicyclic) bond motifs is 1. The number of nitrogens with two attached hydrogens (primary N) is 1. The van der Waals surface area contributed by atoms with E-state index in [-0.39, 0.29) is 11.5 Å². The highest BCUT2D eigenvalue weighted by Gasteiger charge is 2.22. The van der Waals surface area contributed by atoms with E-state index in [1.54, 1.807) is 10.7 Å². The van der Waals surface area contributed by atoms with Crippen LogP contribution in [0.4, 0.5) is 5.82 Å². The first-order valence-electron chi connectivity index (χ1n) is 3.59. The van der Waals surface area contributed by atoms with Gasteiger partial charge in [-0.05, 0) is 0 Å². The van der Waals surface area contributed by atoms with Crippen LogP contribution in [0.15, 0.2) is 6.07 Å². The third kappa shape index (κ3) is 1.18. The molecule has 1 aromatic heterocycles. The molecule has 0 unspecified atom stereocenters. The molecule has 66 valence electrons. The van der Waals surface area contributed by atoms with E-state index in [0.717, 1.165) is 0 Å². The second-order valence-electron chi connectivity index (χ2n) is 2.88. The number of sulfone groups is 1. The SMILES string of the molecule is Nc1cc2n(n1)CCS(=O)(=O)C2. The number of hydrogen-bond donors (Lipinski definition) is 1. The molecule has 1 aromatic rings. The summed E-state index contributed by atoms with van der Waals surface area (Å²) < 4.78 is 23.9.